The fourth-order valence-corrected chi connectivity index (χ4v) is 4.95. The average Bonchev–Trinajstić information content (AvgIpc) is 3.50. The summed E-state index contributed by atoms with van der Waals surface area (Å²) in [6, 6.07) is 12.8. The Hall–Kier alpha value is -4.25. The molecule has 7 nitrogen and oxygen atoms in total. The minimum Gasteiger partial charge on any atom is -0.385 e. The van der Waals surface area contributed by atoms with E-state index in [0.717, 1.165) is 0 Å². The summed E-state index contributed by atoms with van der Waals surface area (Å²) in [6.45, 7) is 0.390. The van der Waals surface area contributed by atoms with Crippen molar-refractivity contribution >= 4 is 33.7 Å². The molecule has 0 aliphatic carbocycles. The van der Waals surface area contributed by atoms with E-state index in [9.17, 15) is 27.5 Å². The standard InChI is InChI=1S/C26H19F4N5O2/c27-15-5-3-4-14(10-15)13-35-19-7-2-1-6-17(19)21(26(28,29)30)22(35)25(37)32-16-11-18-23(31-12-16)34-9-8-20(36)24(34)33-18/h1-7,10-12,20,36H,8-9,13H2,(H,32,37). The summed E-state index contributed by atoms with van der Waals surface area (Å²) in [5.74, 6) is -1.07. The first-order valence-electron chi connectivity index (χ1n) is 11.5. The molecular formula is C26H19F4N5O2. The quantitative estimate of drug-likeness (QED) is 0.323. The number of hydrogen-bond donors (Lipinski definition) is 2. The van der Waals surface area contributed by atoms with Crippen LogP contribution in [0, 0.1) is 5.82 Å². The second kappa shape index (κ2) is 8.41. The number of anilines is 1. The summed E-state index contributed by atoms with van der Waals surface area (Å²) in [5, 5.41) is 12.5. The van der Waals surface area contributed by atoms with E-state index in [1.807, 2.05) is 0 Å². The van der Waals surface area contributed by atoms with E-state index in [1.54, 1.807) is 16.7 Å². The van der Waals surface area contributed by atoms with Crippen molar-refractivity contribution in [2.24, 2.45) is 0 Å². The molecule has 1 aliphatic heterocycles. The number of carbonyl (C=O) groups excluding carboxylic acids is 1. The van der Waals surface area contributed by atoms with Crippen molar-refractivity contribution in [1.82, 2.24) is 19.1 Å². The number of para-hydroxylation sites is 1. The van der Waals surface area contributed by atoms with Gasteiger partial charge in [-0.1, -0.05) is 30.3 Å². The van der Waals surface area contributed by atoms with Crippen molar-refractivity contribution in [1.29, 1.82) is 0 Å². The van der Waals surface area contributed by atoms with Crippen molar-refractivity contribution < 1.29 is 27.5 Å². The fourth-order valence-electron chi connectivity index (χ4n) is 4.95. The van der Waals surface area contributed by atoms with Gasteiger partial charge in [-0.25, -0.2) is 14.4 Å². The first-order valence-corrected chi connectivity index (χ1v) is 11.5. The van der Waals surface area contributed by atoms with Crippen LogP contribution in [0.4, 0.5) is 23.2 Å². The van der Waals surface area contributed by atoms with Gasteiger partial charge >= 0.3 is 6.18 Å². The predicted octanol–water partition coefficient (Wildman–Crippen LogP) is 5.28. The van der Waals surface area contributed by atoms with Gasteiger partial charge in [0, 0.05) is 24.0 Å². The van der Waals surface area contributed by atoms with Gasteiger partial charge in [0.15, 0.2) is 5.65 Å². The number of imidazole rings is 1. The summed E-state index contributed by atoms with van der Waals surface area (Å²) in [5.41, 5.74) is -0.00549. The molecule has 2 N–H and O–H groups in total. The molecule has 6 rings (SSSR count). The summed E-state index contributed by atoms with van der Waals surface area (Å²) in [7, 11) is 0. The highest BCUT2D eigenvalue weighted by molar-refractivity contribution is 6.09. The van der Waals surface area contributed by atoms with Gasteiger partial charge in [0.1, 0.15) is 29.0 Å². The first-order chi connectivity index (χ1) is 17.7. The zero-order chi connectivity index (χ0) is 25.9. The second-order valence-electron chi connectivity index (χ2n) is 8.90. The molecule has 0 bridgehead atoms. The monoisotopic (exact) mass is 509 g/mol. The number of aliphatic hydroxyl groups excluding tert-OH is 1. The number of aliphatic hydroxyl groups is 1. The second-order valence-corrected chi connectivity index (χ2v) is 8.90. The Labute approximate surface area is 207 Å². The predicted molar refractivity (Wildman–Crippen MR) is 127 cm³/mol. The van der Waals surface area contributed by atoms with Crippen LogP contribution in [0.1, 0.15) is 40.0 Å². The molecular weight excluding hydrogens is 490 g/mol. The molecule has 188 valence electrons. The van der Waals surface area contributed by atoms with E-state index in [2.05, 4.69) is 15.3 Å². The molecule has 0 saturated heterocycles. The molecule has 2 aromatic carbocycles. The van der Waals surface area contributed by atoms with Crippen LogP contribution >= 0.6 is 0 Å². The molecule has 0 spiro atoms. The van der Waals surface area contributed by atoms with Gasteiger partial charge in [-0.05, 0) is 36.2 Å². The van der Waals surface area contributed by atoms with Crippen LogP contribution in [0.2, 0.25) is 0 Å². The molecule has 1 amide bonds. The number of fused-ring (bicyclic) bond motifs is 4. The Bertz CT molecular complexity index is 1690. The van der Waals surface area contributed by atoms with E-state index >= 15 is 0 Å². The van der Waals surface area contributed by atoms with Crippen molar-refractivity contribution in [3.8, 4) is 0 Å². The van der Waals surface area contributed by atoms with Gasteiger partial charge in [-0.2, -0.15) is 13.2 Å². The molecule has 0 fully saturated rings. The lowest BCUT2D eigenvalue weighted by atomic mass is 10.1. The largest absolute Gasteiger partial charge is 0.419 e. The van der Waals surface area contributed by atoms with E-state index < -0.39 is 35.3 Å². The van der Waals surface area contributed by atoms with Crippen LogP contribution in [0.15, 0.2) is 60.8 Å². The third-order valence-corrected chi connectivity index (χ3v) is 6.50. The number of aryl methyl sites for hydroxylation is 1. The normalized spacial score (nSPS) is 15.4. The molecule has 11 heteroatoms. The van der Waals surface area contributed by atoms with E-state index in [1.165, 1.54) is 53.2 Å². The molecule has 1 atom stereocenters. The summed E-state index contributed by atoms with van der Waals surface area (Å²) in [6.07, 6.45) is -3.69. The topological polar surface area (TPSA) is 85.0 Å². The molecule has 5 aromatic rings. The van der Waals surface area contributed by atoms with Gasteiger partial charge in [0.25, 0.3) is 5.91 Å². The molecule has 0 radical (unpaired) electrons. The van der Waals surface area contributed by atoms with Gasteiger partial charge in [-0.15, -0.1) is 0 Å². The Kier molecular flexibility index (Phi) is 5.27. The SMILES string of the molecule is O=C(Nc1cnc2c(c1)nc1n2CCC1O)c1c(C(F)(F)F)c2ccccc2n1Cc1cccc(F)c1. The lowest BCUT2D eigenvalue weighted by Crippen LogP contribution is -2.22. The lowest BCUT2D eigenvalue weighted by molar-refractivity contribution is -0.136. The number of benzene rings is 2. The van der Waals surface area contributed by atoms with Crippen molar-refractivity contribution in [3.63, 3.8) is 0 Å². The molecule has 1 unspecified atom stereocenters. The molecule has 37 heavy (non-hydrogen) atoms. The van der Waals surface area contributed by atoms with Gasteiger partial charge < -0.3 is 19.6 Å². The lowest BCUT2D eigenvalue weighted by Gasteiger charge is -2.14. The maximum atomic E-state index is 14.3. The van der Waals surface area contributed by atoms with Crippen LogP contribution in [0.25, 0.3) is 22.1 Å². The molecule has 3 aromatic heterocycles. The average molecular weight is 509 g/mol. The summed E-state index contributed by atoms with van der Waals surface area (Å²) < 4.78 is 59.8. The number of nitrogens with one attached hydrogen (secondary N) is 1. The summed E-state index contributed by atoms with van der Waals surface area (Å²) in [4.78, 5) is 22.1. The summed E-state index contributed by atoms with van der Waals surface area (Å²) >= 11 is 0. The Morgan fingerprint density at radius 3 is 2.73 bits per heavy atom. The van der Waals surface area contributed by atoms with Crippen molar-refractivity contribution in [2.45, 2.75) is 31.8 Å². The first kappa shape index (κ1) is 23.2. The maximum Gasteiger partial charge on any atom is 0.419 e. The Morgan fingerprint density at radius 2 is 1.95 bits per heavy atom. The number of pyridine rings is 1. The zero-order valence-corrected chi connectivity index (χ0v) is 19.1. The fraction of sp³-hybridized carbons (Fsp3) is 0.192. The third kappa shape index (κ3) is 3.91. The number of carbonyl (C=O) groups is 1. The highest BCUT2D eigenvalue weighted by Crippen LogP contribution is 2.40. The minimum absolute atomic E-state index is 0.135. The van der Waals surface area contributed by atoms with Crippen LogP contribution in [0.5, 0.6) is 0 Å². The number of alkyl halides is 3. The number of hydrogen-bond acceptors (Lipinski definition) is 4. The molecule has 0 saturated carbocycles. The number of halogens is 4. The van der Waals surface area contributed by atoms with Crippen LogP contribution in [-0.4, -0.2) is 30.1 Å². The number of rotatable bonds is 4. The number of amides is 1. The highest BCUT2D eigenvalue weighted by Gasteiger charge is 2.41. The van der Waals surface area contributed by atoms with Crippen molar-refractivity contribution in [3.05, 3.63) is 89.3 Å². The number of nitrogens with zero attached hydrogens (tertiary/aromatic N) is 4. The van der Waals surface area contributed by atoms with Crippen LogP contribution in [-0.2, 0) is 19.3 Å². The highest BCUT2D eigenvalue weighted by atomic mass is 19.4. The van der Waals surface area contributed by atoms with Crippen LogP contribution < -0.4 is 5.32 Å². The minimum atomic E-state index is -4.83. The van der Waals surface area contributed by atoms with Crippen molar-refractivity contribution in [2.75, 3.05) is 5.32 Å². The maximum absolute atomic E-state index is 14.3. The third-order valence-electron chi connectivity index (χ3n) is 6.50. The molecule has 4 heterocycles. The van der Waals surface area contributed by atoms with Gasteiger partial charge in [-0.3, -0.25) is 4.79 Å². The van der Waals surface area contributed by atoms with E-state index in [4.69, 9.17) is 0 Å². The van der Waals surface area contributed by atoms with Crippen LogP contribution in [0.3, 0.4) is 0 Å². The smallest absolute Gasteiger partial charge is 0.385 e. The zero-order valence-electron chi connectivity index (χ0n) is 19.1. The number of aromatic nitrogens is 4. The van der Waals surface area contributed by atoms with Gasteiger partial charge in [0.05, 0.1) is 17.4 Å². The van der Waals surface area contributed by atoms with Gasteiger partial charge in [0.2, 0.25) is 0 Å². The van der Waals surface area contributed by atoms with E-state index in [0.29, 0.717) is 35.5 Å². The molecule has 1 aliphatic rings. The Balaban J connectivity index is 1.46. The Morgan fingerprint density at radius 1 is 1.14 bits per heavy atom. The van der Waals surface area contributed by atoms with E-state index in [-0.39, 0.29) is 23.1 Å².